The topological polar surface area (TPSA) is 35.2 Å². The van der Waals surface area contributed by atoms with Gasteiger partial charge in [-0.15, -0.1) is 11.3 Å². The second-order valence-corrected chi connectivity index (χ2v) is 6.17. The molecule has 1 aromatic heterocycles. The maximum atomic E-state index is 6.01. The largest absolute Gasteiger partial charge is 0.492 e. The normalized spacial score (nSPS) is 12.4. The quantitative estimate of drug-likeness (QED) is 0.906. The molecule has 0 amide bonds. The highest BCUT2D eigenvalue weighted by Gasteiger charge is 2.07. The highest BCUT2D eigenvalue weighted by Crippen LogP contribution is 2.22. The number of hydrogen-bond acceptors (Lipinski definition) is 3. The van der Waals surface area contributed by atoms with Crippen LogP contribution in [-0.2, 0) is 6.42 Å². The minimum absolute atomic E-state index is 0.0568. The lowest BCUT2D eigenvalue weighted by atomic mass is 10.2. The molecule has 2 aromatic rings. The Morgan fingerprint density at radius 1 is 1.22 bits per heavy atom. The van der Waals surface area contributed by atoms with E-state index in [1.807, 2.05) is 30.3 Å². The fraction of sp³-hybridized carbons (Fsp3) is 0.231. The molecule has 0 saturated heterocycles. The van der Waals surface area contributed by atoms with Gasteiger partial charge in [-0.05, 0) is 30.3 Å². The summed E-state index contributed by atoms with van der Waals surface area (Å²) in [5, 5.41) is 0.658. The van der Waals surface area contributed by atoms with Crippen molar-refractivity contribution in [1.82, 2.24) is 0 Å². The van der Waals surface area contributed by atoms with Gasteiger partial charge in [-0.1, -0.05) is 29.3 Å². The molecule has 0 saturated carbocycles. The zero-order valence-electron chi connectivity index (χ0n) is 9.61. The molecule has 18 heavy (non-hydrogen) atoms. The van der Waals surface area contributed by atoms with E-state index in [1.165, 1.54) is 4.88 Å². The van der Waals surface area contributed by atoms with Gasteiger partial charge in [0, 0.05) is 22.4 Å². The molecule has 1 aromatic carbocycles. The predicted molar refractivity (Wildman–Crippen MR) is 78.0 cm³/mol. The Morgan fingerprint density at radius 3 is 2.72 bits per heavy atom. The molecule has 5 heteroatoms. The summed E-state index contributed by atoms with van der Waals surface area (Å²) in [6.45, 7) is 0.454. The fourth-order valence-electron chi connectivity index (χ4n) is 1.54. The minimum atomic E-state index is -0.0568. The summed E-state index contributed by atoms with van der Waals surface area (Å²) >= 11 is 13.3. The van der Waals surface area contributed by atoms with E-state index in [-0.39, 0.29) is 6.04 Å². The molecular formula is C13H13Cl2NOS. The molecule has 0 spiro atoms. The predicted octanol–water partition coefficient (Wildman–Crippen LogP) is 4.00. The minimum Gasteiger partial charge on any atom is -0.492 e. The Bertz CT molecular complexity index is 515. The van der Waals surface area contributed by atoms with Crippen LogP contribution in [-0.4, -0.2) is 12.6 Å². The molecule has 1 atom stereocenters. The van der Waals surface area contributed by atoms with E-state index >= 15 is 0 Å². The van der Waals surface area contributed by atoms with E-state index < -0.39 is 0 Å². The monoisotopic (exact) mass is 301 g/mol. The maximum Gasteiger partial charge on any atom is 0.120 e. The summed E-state index contributed by atoms with van der Waals surface area (Å²) < 4.78 is 6.37. The smallest absolute Gasteiger partial charge is 0.120 e. The number of halogens is 2. The van der Waals surface area contributed by atoms with Crippen LogP contribution in [0.4, 0.5) is 0 Å². The van der Waals surface area contributed by atoms with E-state index in [4.69, 9.17) is 33.7 Å². The van der Waals surface area contributed by atoms with Crippen molar-refractivity contribution in [3.8, 4) is 5.75 Å². The lowest BCUT2D eigenvalue weighted by Crippen LogP contribution is -2.29. The van der Waals surface area contributed by atoms with Crippen LogP contribution in [0.2, 0.25) is 9.36 Å². The van der Waals surface area contributed by atoms with Crippen LogP contribution in [0.5, 0.6) is 5.75 Å². The van der Waals surface area contributed by atoms with Gasteiger partial charge in [0.25, 0.3) is 0 Å². The van der Waals surface area contributed by atoms with Gasteiger partial charge in [0.05, 0.1) is 4.34 Å². The summed E-state index contributed by atoms with van der Waals surface area (Å²) in [6.07, 6.45) is 0.762. The first kappa shape index (κ1) is 13.7. The van der Waals surface area contributed by atoms with Gasteiger partial charge in [0.15, 0.2) is 0 Å². The highest BCUT2D eigenvalue weighted by atomic mass is 35.5. The van der Waals surface area contributed by atoms with E-state index in [9.17, 15) is 0 Å². The average molecular weight is 302 g/mol. The van der Waals surface area contributed by atoms with E-state index in [1.54, 1.807) is 17.4 Å². The number of benzene rings is 1. The molecule has 0 aliphatic rings. The van der Waals surface area contributed by atoms with Gasteiger partial charge in [-0.3, -0.25) is 0 Å². The molecule has 1 unspecified atom stereocenters. The van der Waals surface area contributed by atoms with Crippen LogP contribution in [0.1, 0.15) is 4.88 Å². The Labute approximate surface area is 120 Å². The SMILES string of the molecule is NC(COc1cccc(Cl)c1)Cc1ccc(Cl)s1. The number of thiophene rings is 1. The van der Waals surface area contributed by atoms with Crippen molar-refractivity contribution in [1.29, 1.82) is 0 Å². The lowest BCUT2D eigenvalue weighted by Gasteiger charge is -2.12. The van der Waals surface area contributed by atoms with Crippen LogP contribution in [0.25, 0.3) is 0 Å². The van der Waals surface area contributed by atoms with Crippen LogP contribution < -0.4 is 10.5 Å². The molecule has 96 valence electrons. The third-order valence-electron chi connectivity index (χ3n) is 2.35. The zero-order valence-corrected chi connectivity index (χ0v) is 11.9. The number of hydrogen-bond donors (Lipinski definition) is 1. The molecule has 0 aliphatic heterocycles. The molecule has 2 rings (SSSR count). The average Bonchev–Trinajstić information content (AvgIpc) is 2.72. The first-order valence-electron chi connectivity index (χ1n) is 5.51. The van der Waals surface area contributed by atoms with Gasteiger partial charge in [0.2, 0.25) is 0 Å². The van der Waals surface area contributed by atoms with Crippen molar-refractivity contribution in [2.45, 2.75) is 12.5 Å². The Hall–Kier alpha value is -0.740. The van der Waals surface area contributed by atoms with Gasteiger partial charge in [-0.2, -0.15) is 0 Å². The standard InChI is InChI=1S/C13H13Cl2NOS/c14-9-2-1-3-11(6-9)17-8-10(16)7-12-4-5-13(15)18-12/h1-6,10H,7-8,16H2. The molecule has 0 bridgehead atoms. The first-order valence-corrected chi connectivity index (χ1v) is 7.09. The summed E-state index contributed by atoms with van der Waals surface area (Å²) in [5.41, 5.74) is 6.01. The zero-order chi connectivity index (χ0) is 13.0. The molecule has 0 aliphatic carbocycles. The van der Waals surface area contributed by atoms with Crippen molar-refractivity contribution >= 4 is 34.5 Å². The van der Waals surface area contributed by atoms with Crippen molar-refractivity contribution < 1.29 is 4.74 Å². The van der Waals surface area contributed by atoms with Gasteiger partial charge in [-0.25, -0.2) is 0 Å². The fourth-order valence-corrected chi connectivity index (χ4v) is 2.90. The van der Waals surface area contributed by atoms with Crippen LogP contribution >= 0.6 is 34.5 Å². The number of nitrogens with two attached hydrogens (primary N) is 1. The third kappa shape index (κ3) is 4.18. The van der Waals surface area contributed by atoms with Crippen molar-refractivity contribution in [3.63, 3.8) is 0 Å². The van der Waals surface area contributed by atoms with Gasteiger partial charge < -0.3 is 10.5 Å². The highest BCUT2D eigenvalue weighted by molar-refractivity contribution is 7.16. The van der Waals surface area contributed by atoms with Crippen LogP contribution in [0.15, 0.2) is 36.4 Å². The van der Waals surface area contributed by atoms with E-state index in [2.05, 4.69) is 0 Å². The number of ether oxygens (including phenoxy) is 1. The first-order chi connectivity index (χ1) is 8.63. The summed E-state index contributed by atoms with van der Waals surface area (Å²) in [6, 6.07) is 11.1. The summed E-state index contributed by atoms with van der Waals surface area (Å²) in [7, 11) is 0. The Morgan fingerprint density at radius 2 is 2.06 bits per heavy atom. The molecule has 1 heterocycles. The Balaban J connectivity index is 1.83. The van der Waals surface area contributed by atoms with E-state index in [0.29, 0.717) is 11.6 Å². The van der Waals surface area contributed by atoms with Crippen molar-refractivity contribution in [3.05, 3.63) is 50.6 Å². The summed E-state index contributed by atoms with van der Waals surface area (Å²) in [5.74, 6) is 0.738. The molecule has 2 nitrogen and oxygen atoms in total. The molecular weight excluding hydrogens is 289 g/mol. The van der Waals surface area contributed by atoms with E-state index in [0.717, 1.165) is 16.5 Å². The van der Waals surface area contributed by atoms with Gasteiger partial charge >= 0.3 is 0 Å². The third-order valence-corrected chi connectivity index (χ3v) is 3.84. The molecule has 0 radical (unpaired) electrons. The molecule has 2 N–H and O–H groups in total. The summed E-state index contributed by atoms with van der Waals surface area (Å²) in [4.78, 5) is 1.17. The lowest BCUT2D eigenvalue weighted by molar-refractivity contribution is 0.288. The second kappa shape index (κ2) is 6.43. The second-order valence-electron chi connectivity index (χ2n) is 3.94. The van der Waals surface area contributed by atoms with Crippen LogP contribution in [0.3, 0.4) is 0 Å². The van der Waals surface area contributed by atoms with Crippen LogP contribution in [0, 0.1) is 0 Å². The van der Waals surface area contributed by atoms with Crippen molar-refractivity contribution in [2.24, 2.45) is 5.73 Å². The van der Waals surface area contributed by atoms with Gasteiger partial charge in [0.1, 0.15) is 12.4 Å². The molecule has 0 fully saturated rings. The Kier molecular flexibility index (Phi) is 4.89. The van der Waals surface area contributed by atoms with Crippen molar-refractivity contribution in [2.75, 3.05) is 6.61 Å². The maximum absolute atomic E-state index is 6.01. The number of rotatable bonds is 5.